The molecular weight excluding hydrogens is 531 g/mol. The third-order valence-electron chi connectivity index (χ3n) is 6.35. The molecule has 4 rings (SSSR count). The van der Waals surface area contributed by atoms with Crippen molar-refractivity contribution in [1.29, 1.82) is 0 Å². The molecular formula is C23H35IN8O. The smallest absolute Gasteiger partial charge is 0.246 e. The van der Waals surface area contributed by atoms with Gasteiger partial charge in [0.05, 0.1) is 11.9 Å². The van der Waals surface area contributed by atoms with Crippen LogP contribution < -0.4 is 15.1 Å². The zero-order valence-corrected chi connectivity index (χ0v) is 22.1. The maximum Gasteiger partial charge on any atom is 0.246 e. The number of aliphatic imine (C=N–C) groups is 1. The van der Waals surface area contributed by atoms with Crippen LogP contribution >= 0.6 is 24.0 Å². The van der Waals surface area contributed by atoms with Crippen LogP contribution in [0.1, 0.15) is 6.92 Å². The zero-order valence-electron chi connectivity index (χ0n) is 19.7. The van der Waals surface area contributed by atoms with Crippen molar-refractivity contribution in [3.05, 3.63) is 42.7 Å². The van der Waals surface area contributed by atoms with Gasteiger partial charge in [0.1, 0.15) is 6.54 Å². The number of rotatable bonds is 5. The average molecular weight is 566 g/mol. The highest BCUT2D eigenvalue weighted by molar-refractivity contribution is 14.0. The Bertz CT molecular complexity index is 926. The van der Waals surface area contributed by atoms with Crippen LogP contribution in [0.4, 0.5) is 11.4 Å². The Morgan fingerprint density at radius 1 is 1.09 bits per heavy atom. The lowest BCUT2D eigenvalue weighted by atomic mass is 10.2. The van der Waals surface area contributed by atoms with Crippen molar-refractivity contribution in [1.82, 2.24) is 24.9 Å². The number of halogens is 1. The summed E-state index contributed by atoms with van der Waals surface area (Å²) >= 11 is 0. The van der Waals surface area contributed by atoms with Crippen LogP contribution in [-0.2, 0) is 11.8 Å². The molecule has 1 aromatic carbocycles. The van der Waals surface area contributed by atoms with Crippen LogP contribution in [0.3, 0.4) is 0 Å². The molecule has 1 amide bonds. The van der Waals surface area contributed by atoms with Gasteiger partial charge in [0, 0.05) is 77.8 Å². The van der Waals surface area contributed by atoms with E-state index in [0.29, 0.717) is 19.1 Å². The molecule has 0 radical (unpaired) electrons. The quantitative estimate of drug-likeness (QED) is 0.336. The van der Waals surface area contributed by atoms with Gasteiger partial charge in [0.25, 0.3) is 0 Å². The Balaban J connectivity index is 0.00000306. The molecule has 2 aliphatic heterocycles. The standard InChI is InChI=1S/C23H34N8O.HI/c1-19(28-9-11-29(12-10-28)20-7-5-4-6-8-20)15-25-23(24-2)30-13-14-31(22(32)18-30)21-16-26-27(3)17-21;/h4-8,16-17,19H,9-15,18H2,1-3H3,(H,24,25);1H. The Morgan fingerprint density at radius 2 is 1.82 bits per heavy atom. The third-order valence-corrected chi connectivity index (χ3v) is 6.35. The Morgan fingerprint density at radius 3 is 2.42 bits per heavy atom. The molecule has 2 aromatic rings. The number of nitrogens with zero attached hydrogens (tertiary/aromatic N) is 7. The normalized spacial score (nSPS) is 18.8. The van der Waals surface area contributed by atoms with Gasteiger partial charge in [-0.2, -0.15) is 5.10 Å². The molecule has 2 aliphatic rings. The van der Waals surface area contributed by atoms with Crippen molar-refractivity contribution < 1.29 is 4.79 Å². The highest BCUT2D eigenvalue weighted by Gasteiger charge is 2.28. The minimum Gasteiger partial charge on any atom is -0.369 e. The summed E-state index contributed by atoms with van der Waals surface area (Å²) in [7, 11) is 3.64. The van der Waals surface area contributed by atoms with Crippen molar-refractivity contribution in [2.45, 2.75) is 13.0 Å². The summed E-state index contributed by atoms with van der Waals surface area (Å²) in [5, 5.41) is 7.67. The summed E-state index contributed by atoms with van der Waals surface area (Å²) < 4.78 is 1.72. The summed E-state index contributed by atoms with van der Waals surface area (Å²) in [6.45, 7) is 8.89. The van der Waals surface area contributed by atoms with Crippen LogP contribution in [0, 0.1) is 0 Å². The number of benzene rings is 1. The number of amides is 1. The van der Waals surface area contributed by atoms with E-state index in [0.717, 1.165) is 50.9 Å². The SMILES string of the molecule is CN=C(NCC(C)N1CCN(c2ccccc2)CC1)N1CCN(c2cnn(C)c2)C(=O)C1.I. The third kappa shape index (κ3) is 6.17. The second kappa shape index (κ2) is 11.7. The summed E-state index contributed by atoms with van der Waals surface area (Å²) in [4.78, 5) is 26.0. The summed E-state index contributed by atoms with van der Waals surface area (Å²) in [5.41, 5.74) is 2.15. The largest absolute Gasteiger partial charge is 0.369 e. The fraction of sp³-hybridized carbons (Fsp3) is 0.522. The molecule has 1 aromatic heterocycles. The van der Waals surface area contributed by atoms with E-state index < -0.39 is 0 Å². The van der Waals surface area contributed by atoms with Crippen LogP contribution in [0.2, 0.25) is 0 Å². The van der Waals surface area contributed by atoms with Crippen molar-refractivity contribution in [3.8, 4) is 0 Å². The van der Waals surface area contributed by atoms with Crippen LogP contribution in [0.5, 0.6) is 0 Å². The first-order valence-corrected chi connectivity index (χ1v) is 11.3. The van der Waals surface area contributed by atoms with Crippen LogP contribution in [0.15, 0.2) is 47.7 Å². The maximum absolute atomic E-state index is 12.7. The van der Waals surface area contributed by atoms with Gasteiger partial charge in [-0.25, -0.2) is 0 Å². The fourth-order valence-electron chi connectivity index (χ4n) is 4.43. The second-order valence-electron chi connectivity index (χ2n) is 8.47. The van der Waals surface area contributed by atoms with Crippen molar-refractivity contribution >= 4 is 47.2 Å². The van der Waals surface area contributed by atoms with Crippen molar-refractivity contribution in [3.63, 3.8) is 0 Å². The monoisotopic (exact) mass is 566 g/mol. The number of carbonyl (C=O) groups excluding carboxylic acids is 1. The first-order chi connectivity index (χ1) is 15.5. The van der Waals surface area contributed by atoms with Crippen molar-refractivity contribution in [2.75, 3.05) is 69.2 Å². The predicted molar refractivity (Wildman–Crippen MR) is 144 cm³/mol. The molecule has 0 saturated carbocycles. The van der Waals surface area contributed by atoms with Gasteiger partial charge < -0.3 is 20.0 Å². The van der Waals surface area contributed by atoms with Gasteiger partial charge in [-0.1, -0.05) is 18.2 Å². The van der Waals surface area contributed by atoms with Gasteiger partial charge >= 0.3 is 0 Å². The van der Waals surface area contributed by atoms with E-state index >= 15 is 0 Å². The lowest BCUT2D eigenvalue weighted by molar-refractivity contribution is -0.120. The lowest BCUT2D eigenvalue weighted by Crippen LogP contribution is -2.57. The van der Waals surface area contributed by atoms with Gasteiger partial charge in [0.15, 0.2) is 5.96 Å². The lowest BCUT2D eigenvalue weighted by Gasteiger charge is -2.40. The molecule has 9 nitrogen and oxygen atoms in total. The molecule has 1 N–H and O–H groups in total. The summed E-state index contributed by atoms with van der Waals surface area (Å²) in [5.74, 6) is 0.858. The number of hydrogen-bond acceptors (Lipinski definition) is 5. The topological polar surface area (TPSA) is 72.2 Å². The zero-order chi connectivity index (χ0) is 22.5. The number of aromatic nitrogens is 2. The molecule has 0 spiro atoms. The number of aryl methyl sites for hydroxylation is 1. The maximum atomic E-state index is 12.7. The van der Waals surface area contributed by atoms with E-state index in [2.05, 4.69) is 62.5 Å². The molecule has 180 valence electrons. The summed E-state index contributed by atoms with van der Waals surface area (Å²) in [6.07, 6.45) is 3.61. The highest BCUT2D eigenvalue weighted by atomic mass is 127. The molecule has 1 atom stereocenters. The number of guanidine groups is 1. The summed E-state index contributed by atoms with van der Waals surface area (Å²) in [6, 6.07) is 11.0. The number of carbonyl (C=O) groups is 1. The van der Waals surface area contributed by atoms with E-state index in [4.69, 9.17) is 0 Å². The van der Waals surface area contributed by atoms with Gasteiger partial charge in [0.2, 0.25) is 5.91 Å². The number of anilines is 2. The average Bonchev–Trinajstić information content (AvgIpc) is 3.26. The minimum absolute atomic E-state index is 0. The van der Waals surface area contributed by atoms with Crippen LogP contribution in [0.25, 0.3) is 0 Å². The minimum atomic E-state index is 0. The number of nitrogens with one attached hydrogen (secondary N) is 1. The molecule has 0 aliphatic carbocycles. The van der Waals surface area contributed by atoms with E-state index in [1.807, 2.05) is 18.1 Å². The Hall–Kier alpha value is -2.34. The second-order valence-corrected chi connectivity index (χ2v) is 8.47. The number of piperazine rings is 2. The Labute approximate surface area is 213 Å². The van der Waals surface area contributed by atoms with Gasteiger partial charge in [-0.3, -0.25) is 19.4 Å². The molecule has 2 fully saturated rings. The van der Waals surface area contributed by atoms with E-state index in [-0.39, 0.29) is 29.9 Å². The first kappa shape index (κ1) is 25.3. The Kier molecular flexibility index (Phi) is 8.95. The first-order valence-electron chi connectivity index (χ1n) is 11.3. The molecule has 2 saturated heterocycles. The predicted octanol–water partition coefficient (Wildman–Crippen LogP) is 1.47. The fourth-order valence-corrected chi connectivity index (χ4v) is 4.43. The van der Waals surface area contributed by atoms with Crippen molar-refractivity contribution in [2.24, 2.45) is 12.0 Å². The van der Waals surface area contributed by atoms with Crippen LogP contribution in [-0.4, -0.2) is 96.9 Å². The number of hydrogen-bond donors (Lipinski definition) is 1. The molecule has 3 heterocycles. The van der Waals surface area contributed by atoms with E-state index in [9.17, 15) is 4.79 Å². The van der Waals surface area contributed by atoms with E-state index in [1.54, 1.807) is 22.8 Å². The molecule has 33 heavy (non-hydrogen) atoms. The number of para-hydroxylation sites is 1. The molecule has 0 bridgehead atoms. The molecule has 1 unspecified atom stereocenters. The van der Waals surface area contributed by atoms with E-state index in [1.165, 1.54) is 5.69 Å². The molecule has 10 heteroatoms. The van der Waals surface area contributed by atoms with Gasteiger partial charge in [-0.05, 0) is 19.1 Å². The van der Waals surface area contributed by atoms with Gasteiger partial charge in [-0.15, -0.1) is 24.0 Å². The highest BCUT2D eigenvalue weighted by Crippen LogP contribution is 2.17.